The molecule has 2 aromatic carbocycles. The molecule has 1 aliphatic carbocycles. The van der Waals surface area contributed by atoms with Gasteiger partial charge in [0.15, 0.2) is 0 Å². The molecule has 176 valence electrons. The first-order valence-electron chi connectivity index (χ1n) is 11.5. The Hall–Kier alpha value is -3.35. The van der Waals surface area contributed by atoms with E-state index in [1.165, 1.54) is 0 Å². The number of carboxylic acid groups (broad SMARTS) is 1. The number of carbonyl (C=O) groups excluding carboxylic acids is 2. The molecule has 0 spiro atoms. The van der Waals surface area contributed by atoms with Gasteiger partial charge in [-0.3, -0.25) is 9.59 Å². The summed E-state index contributed by atoms with van der Waals surface area (Å²) < 4.78 is 5.56. The number of benzene rings is 2. The molecule has 1 unspecified atom stereocenters. The summed E-state index contributed by atoms with van der Waals surface area (Å²) in [6, 6.07) is 15.1. The fourth-order valence-electron chi connectivity index (χ4n) is 4.37. The number of alkyl carbamates (subject to hydrolysis) is 1. The Bertz CT molecular complexity index is 958. The summed E-state index contributed by atoms with van der Waals surface area (Å²) in [5, 5.41) is 11.7. The van der Waals surface area contributed by atoms with Crippen LogP contribution in [0.1, 0.15) is 57.1 Å². The normalized spacial score (nSPS) is 13.2. The summed E-state index contributed by atoms with van der Waals surface area (Å²) >= 11 is 0. The standard InChI is InChI=1S/C26H32N2O5/c1-4-15-28(17(2)3)25(31)23(13-14-24(29)30)27-26(32)33-16-22-20-11-7-5-9-18(20)19-10-6-8-12-21(19)22/h5-12,17,22-23H,4,13-16H2,1-3H3,(H,27,32)(H,29,30). The van der Waals surface area contributed by atoms with Gasteiger partial charge in [-0.15, -0.1) is 0 Å². The van der Waals surface area contributed by atoms with Gasteiger partial charge in [0.05, 0.1) is 0 Å². The van der Waals surface area contributed by atoms with Crippen molar-refractivity contribution < 1.29 is 24.2 Å². The lowest BCUT2D eigenvalue weighted by Crippen LogP contribution is -2.51. The molecule has 0 radical (unpaired) electrons. The number of nitrogens with one attached hydrogen (secondary N) is 1. The van der Waals surface area contributed by atoms with Gasteiger partial charge >= 0.3 is 12.1 Å². The second kappa shape index (κ2) is 11.0. The Kier molecular flexibility index (Phi) is 8.09. The van der Waals surface area contributed by atoms with E-state index < -0.39 is 18.1 Å². The van der Waals surface area contributed by atoms with Gasteiger partial charge in [0.2, 0.25) is 5.91 Å². The lowest BCUT2D eigenvalue weighted by Gasteiger charge is -2.30. The molecule has 33 heavy (non-hydrogen) atoms. The predicted molar refractivity (Wildman–Crippen MR) is 126 cm³/mol. The van der Waals surface area contributed by atoms with Crippen molar-refractivity contribution in [1.29, 1.82) is 0 Å². The highest BCUT2D eigenvalue weighted by Crippen LogP contribution is 2.44. The van der Waals surface area contributed by atoms with Crippen LogP contribution >= 0.6 is 0 Å². The highest BCUT2D eigenvalue weighted by Gasteiger charge is 2.31. The van der Waals surface area contributed by atoms with E-state index in [9.17, 15) is 14.4 Å². The molecular weight excluding hydrogens is 420 g/mol. The van der Waals surface area contributed by atoms with Gasteiger partial charge < -0.3 is 20.1 Å². The zero-order valence-electron chi connectivity index (χ0n) is 19.4. The maximum absolute atomic E-state index is 13.1. The van der Waals surface area contributed by atoms with Crippen molar-refractivity contribution in [3.05, 3.63) is 59.7 Å². The number of fused-ring (bicyclic) bond motifs is 3. The number of amides is 2. The molecule has 1 aliphatic rings. The number of ether oxygens (including phenoxy) is 1. The lowest BCUT2D eigenvalue weighted by molar-refractivity contribution is -0.138. The number of hydrogen-bond donors (Lipinski definition) is 2. The van der Waals surface area contributed by atoms with E-state index in [4.69, 9.17) is 9.84 Å². The van der Waals surface area contributed by atoms with Crippen LogP contribution in [0.25, 0.3) is 11.1 Å². The van der Waals surface area contributed by atoms with Crippen LogP contribution in [0, 0.1) is 0 Å². The Morgan fingerprint density at radius 1 is 1.03 bits per heavy atom. The summed E-state index contributed by atoms with van der Waals surface area (Å²) in [6.07, 6.45) is -0.176. The Morgan fingerprint density at radius 2 is 1.61 bits per heavy atom. The molecule has 1 atom stereocenters. The predicted octanol–water partition coefficient (Wildman–Crippen LogP) is 4.41. The second-order valence-corrected chi connectivity index (χ2v) is 8.58. The van der Waals surface area contributed by atoms with Crippen LogP contribution in [0.15, 0.2) is 48.5 Å². The SMILES string of the molecule is CCCN(C(=O)C(CCC(=O)O)NC(=O)OCC1c2ccccc2-c2ccccc21)C(C)C. The molecule has 2 N–H and O–H groups in total. The molecule has 0 aliphatic heterocycles. The minimum Gasteiger partial charge on any atom is -0.481 e. The van der Waals surface area contributed by atoms with Crippen molar-refractivity contribution in [2.45, 2.75) is 58.0 Å². The minimum atomic E-state index is -1.02. The van der Waals surface area contributed by atoms with E-state index in [1.807, 2.05) is 57.2 Å². The molecule has 7 nitrogen and oxygen atoms in total. The van der Waals surface area contributed by atoms with Gasteiger partial charge in [-0.2, -0.15) is 0 Å². The van der Waals surface area contributed by atoms with Crippen LogP contribution < -0.4 is 5.32 Å². The van der Waals surface area contributed by atoms with Crippen LogP contribution in [-0.4, -0.2) is 53.2 Å². The molecule has 2 aromatic rings. The van der Waals surface area contributed by atoms with E-state index in [0.717, 1.165) is 28.7 Å². The van der Waals surface area contributed by atoms with Gasteiger partial charge in [-0.1, -0.05) is 55.5 Å². The van der Waals surface area contributed by atoms with Crippen molar-refractivity contribution >= 4 is 18.0 Å². The molecule has 3 rings (SSSR count). The largest absolute Gasteiger partial charge is 0.481 e. The van der Waals surface area contributed by atoms with Gasteiger partial charge in [-0.25, -0.2) is 4.79 Å². The fourth-order valence-corrected chi connectivity index (χ4v) is 4.37. The Balaban J connectivity index is 1.70. The minimum absolute atomic E-state index is 0.00525. The smallest absolute Gasteiger partial charge is 0.407 e. The number of nitrogens with zero attached hydrogens (tertiary/aromatic N) is 1. The number of aliphatic carboxylic acids is 1. The Labute approximate surface area is 194 Å². The van der Waals surface area contributed by atoms with Crippen LogP contribution in [0.5, 0.6) is 0 Å². The molecular formula is C26H32N2O5. The third-order valence-electron chi connectivity index (χ3n) is 5.95. The summed E-state index contributed by atoms with van der Waals surface area (Å²) in [7, 11) is 0. The van der Waals surface area contributed by atoms with Crippen molar-refractivity contribution in [2.75, 3.05) is 13.2 Å². The van der Waals surface area contributed by atoms with Crippen molar-refractivity contribution in [1.82, 2.24) is 10.2 Å². The molecule has 0 fully saturated rings. The maximum atomic E-state index is 13.1. The van der Waals surface area contributed by atoms with Crippen molar-refractivity contribution in [3.63, 3.8) is 0 Å². The van der Waals surface area contributed by atoms with Gasteiger partial charge in [0.1, 0.15) is 12.6 Å². The zero-order chi connectivity index (χ0) is 24.0. The first kappa shape index (κ1) is 24.3. The summed E-state index contributed by atoms with van der Waals surface area (Å²) in [5.41, 5.74) is 4.45. The zero-order valence-corrected chi connectivity index (χ0v) is 19.4. The molecule has 0 saturated heterocycles. The van der Waals surface area contributed by atoms with Crippen LogP contribution in [0.4, 0.5) is 4.79 Å². The van der Waals surface area contributed by atoms with Crippen molar-refractivity contribution in [3.8, 4) is 11.1 Å². The number of carbonyl (C=O) groups is 3. The molecule has 0 aromatic heterocycles. The van der Waals surface area contributed by atoms with Crippen molar-refractivity contribution in [2.24, 2.45) is 0 Å². The summed E-state index contributed by atoms with van der Waals surface area (Å²) in [4.78, 5) is 38.5. The number of rotatable bonds is 10. The van der Waals surface area contributed by atoms with Crippen LogP contribution in [0.3, 0.4) is 0 Å². The van der Waals surface area contributed by atoms with E-state index in [2.05, 4.69) is 17.4 Å². The first-order valence-corrected chi connectivity index (χ1v) is 11.5. The average molecular weight is 453 g/mol. The van der Waals surface area contributed by atoms with Gasteiger partial charge in [0, 0.05) is 24.9 Å². The molecule has 7 heteroatoms. The number of hydrogen-bond acceptors (Lipinski definition) is 4. The molecule has 2 amide bonds. The molecule has 0 bridgehead atoms. The van der Waals surface area contributed by atoms with Gasteiger partial charge in [0.25, 0.3) is 0 Å². The summed E-state index contributed by atoms with van der Waals surface area (Å²) in [6.45, 7) is 6.42. The van der Waals surface area contributed by atoms with E-state index in [0.29, 0.717) is 6.54 Å². The highest BCUT2D eigenvalue weighted by atomic mass is 16.5. The maximum Gasteiger partial charge on any atom is 0.407 e. The monoisotopic (exact) mass is 452 g/mol. The van der Waals surface area contributed by atoms with E-state index in [-0.39, 0.29) is 37.3 Å². The molecule has 0 saturated carbocycles. The van der Waals surface area contributed by atoms with E-state index in [1.54, 1.807) is 4.90 Å². The first-order chi connectivity index (χ1) is 15.8. The van der Waals surface area contributed by atoms with E-state index >= 15 is 0 Å². The fraction of sp³-hybridized carbons (Fsp3) is 0.423. The number of carboxylic acids is 1. The van der Waals surface area contributed by atoms with Gasteiger partial charge in [-0.05, 0) is 48.9 Å². The lowest BCUT2D eigenvalue weighted by atomic mass is 9.98. The summed E-state index contributed by atoms with van der Waals surface area (Å²) in [5.74, 6) is -1.40. The Morgan fingerprint density at radius 3 is 2.12 bits per heavy atom. The molecule has 0 heterocycles. The van der Waals surface area contributed by atoms with Crippen LogP contribution in [0.2, 0.25) is 0 Å². The third-order valence-corrected chi connectivity index (χ3v) is 5.95. The average Bonchev–Trinajstić information content (AvgIpc) is 3.12. The third kappa shape index (κ3) is 5.72. The topological polar surface area (TPSA) is 95.9 Å². The van der Waals surface area contributed by atoms with Crippen LogP contribution in [-0.2, 0) is 14.3 Å². The quantitative estimate of drug-likeness (QED) is 0.557. The highest BCUT2D eigenvalue weighted by molar-refractivity contribution is 5.86. The second-order valence-electron chi connectivity index (χ2n) is 8.58.